The van der Waals surface area contributed by atoms with Crippen molar-refractivity contribution in [3.63, 3.8) is 0 Å². The van der Waals surface area contributed by atoms with Gasteiger partial charge >= 0.3 is 0 Å². The summed E-state index contributed by atoms with van der Waals surface area (Å²) in [5, 5.41) is 11.2. The van der Waals surface area contributed by atoms with Crippen LogP contribution in [0.4, 0.5) is 0 Å². The lowest BCUT2D eigenvalue weighted by Gasteiger charge is -2.22. The van der Waals surface area contributed by atoms with Gasteiger partial charge in [-0.1, -0.05) is 132 Å². The first-order valence-electron chi connectivity index (χ1n) is 22.8. The smallest absolute Gasteiger partial charge is 0.149 e. The summed E-state index contributed by atoms with van der Waals surface area (Å²) in [6.07, 6.45) is 1.67. The molecule has 0 aliphatic heterocycles. The predicted molar refractivity (Wildman–Crippen MR) is 230 cm³/mol. The number of fused-ring (bicyclic) bond motifs is 1. The Morgan fingerprint density at radius 2 is 1.29 bits per heavy atom. The molecule has 8 aromatic rings. The molecule has 0 aliphatic carbocycles. The van der Waals surface area contributed by atoms with E-state index in [0.29, 0.717) is 28.2 Å². The van der Waals surface area contributed by atoms with Crippen LogP contribution in [0.3, 0.4) is 0 Å². The van der Waals surface area contributed by atoms with E-state index < -0.39 is 26.0 Å². The fourth-order valence-corrected chi connectivity index (χ4v) is 7.21. The van der Waals surface area contributed by atoms with Crippen LogP contribution in [0.25, 0.3) is 72.7 Å². The third-order valence-corrected chi connectivity index (χ3v) is 10.2. The lowest BCUT2D eigenvalue weighted by atomic mass is 9.83. The molecule has 2 aromatic heterocycles. The molecule has 0 amide bonds. The molecule has 0 fully saturated rings. The zero-order valence-electron chi connectivity index (χ0n) is 40.2. The molecule has 0 saturated carbocycles. The number of imidazole rings is 1. The van der Waals surface area contributed by atoms with Crippen LogP contribution < -0.4 is 0 Å². The van der Waals surface area contributed by atoms with Gasteiger partial charge in [0, 0.05) is 35.3 Å². The summed E-state index contributed by atoms with van der Waals surface area (Å²) in [4.78, 5) is 10.1. The number of phenolic OH excluding ortho intramolecular Hbond substituents is 1. The van der Waals surface area contributed by atoms with Crippen LogP contribution in [0, 0.1) is 6.92 Å². The highest BCUT2D eigenvalue weighted by Crippen LogP contribution is 2.40. The molecule has 0 atom stereocenters. The number of hydrogen-bond acceptors (Lipinski definition) is 3. The minimum absolute atomic E-state index is 0.113. The molecule has 0 spiro atoms. The second-order valence-electron chi connectivity index (χ2n) is 15.1. The summed E-state index contributed by atoms with van der Waals surface area (Å²) < 4.78 is 75.4. The predicted octanol–water partition coefficient (Wildman–Crippen LogP) is 13.4. The van der Waals surface area contributed by atoms with Crippen molar-refractivity contribution in [2.45, 2.75) is 59.1 Å². The van der Waals surface area contributed by atoms with Crippen molar-refractivity contribution in [2.24, 2.45) is 0 Å². The molecule has 4 nitrogen and oxygen atoms in total. The molecule has 55 heavy (non-hydrogen) atoms. The van der Waals surface area contributed by atoms with Gasteiger partial charge in [0.25, 0.3) is 0 Å². The second kappa shape index (κ2) is 13.9. The largest absolute Gasteiger partial charge is 0.507 e. The standard InChI is InChI=1S/C51H47N3O/c1-33-28-41(24-25-42(33)35-14-9-8-10-15-35)54-46-18-13-17-43(48(46)53-49(54)44-16-11-12-19-47(44)55)37-29-38(31-40(30-37)51(5,6)7)45-32-36(26-27-52-45)34-20-22-39(23-21-34)50(2,3)4/h8-32,55H,1-7H3/i2D3,3D3,4D3. The molecule has 1 N–H and O–H groups in total. The zero-order valence-corrected chi connectivity index (χ0v) is 31.2. The third kappa shape index (κ3) is 6.97. The number of para-hydroxylation sites is 2. The highest BCUT2D eigenvalue weighted by molar-refractivity contribution is 5.97. The summed E-state index contributed by atoms with van der Waals surface area (Å²) in [5.74, 6) is 0.704. The molecule has 8 rings (SSSR count). The van der Waals surface area contributed by atoms with Gasteiger partial charge in [-0.15, -0.1) is 0 Å². The number of aromatic hydroxyl groups is 1. The Morgan fingerprint density at radius 1 is 0.564 bits per heavy atom. The molecular formula is C51H47N3O. The van der Waals surface area contributed by atoms with Crippen LogP contribution in [-0.4, -0.2) is 19.6 Å². The maximum Gasteiger partial charge on any atom is 0.149 e. The van der Waals surface area contributed by atoms with Gasteiger partial charge in [-0.05, 0) is 117 Å². The summed E-state index contributed by atoms with van der Waals surface area (Å²) in [5.41, 5.74) is 8.40. The van der Waals surface area contributed by atoms with Crippen molar-refractivity contribution < 1.29 is 17.4 Å². The first-order valence-corrected chi connectivity index (χ1v) is 18.3. The van der Waals surface area contributed by atoms with E-state index in [1.165, 1.54) is 12.1 Å². The van der Waals surface area contributed by atoms with Crippen LogP contribution in [-0.2, 0) is 10.8 Å². The number of hydrogen-bond donors (Lipinski definition) is 1. The van der Waals surface area contributed by atoms with Crippen molar-refractivity contribution in [2.75, 3.05) is 0 Å². The molecule has 0 saturated heterocycles. The van der Waals surface area contributed by atoms with Crippen molar-refractivity contribution >= 4 is 11.0 Å². The molecule has 6 aromatic carbocycles. The Morgan fingerprint density at radius 3 is 2.02 bits per heavy atom. The number of aryl methyl sites for hydroxylation is 1. The van der Waals surface area contributed by atoms with Gasteiger partial charge in [-0.3, -0.25) is 9.55 Å². The van der Waals surface area contributed by atoms with E-state index in [0.717, 1.165) is 55.7 Å². The first kappa shape index (κ1) is 26.5. The van der Waals surface area contributed by atoms with E-state index in [1.54, 1.807) is 36.5 Å². The summed E-state index contributed by atoms with van der Waals surface area (Å²) in [6, 6.07) is 45.7. The van der Waals surface area contributed by atoms with E-state index in [-0.39, 0.29) is 16.7 Å². The van der Waals surface area contributed by atoms with E-state index in [2.05, 4.69) is 80.8 Å². The third-order valence-electron chi connectivity index (χ3n) is 10.2. The average Bonchev–Trinajstić information content (AvgIpc) is 3.62. The normalized spacial score (nSPS) is 15.1. The van der Waals surface area contributed by atoms with Gasteiger partial charge in [0.2, 0.25) is 0 Å². The lowest BCUT2D eigenvalue weighted by Crippen LogP contribution is -2.11. The SMILES string of the molecule is [2H]C([2H])([2H])C(c1ccc(-c2ccnc(-c3cc(-c4cccc5c4nc(-c4ccccc4O)n5-c4ccc(-c5ccccc5)c(C)c4)cc(C(C)(C)C)c3)c2)cc1)(C([2H])([2H])[2H])C([2H])([2H])[2H]. The quantitative estimate of drug-likeness (QED) is 0.186. The van der Waals surface area contributed by atoms with E-state index in [1.807, 2.05) is 54.6 Å². The molecule has 0 aliphatic rings. The monoisotopic (exact) mass is 726 g/mol. The lowest BCUT2D eigenvalue weighted by molar-refractivity contribution is 0.477. The van der Waals surface area contributed by atoms with Crippen molar-refractivity contribution in [1.29, 1.82) is 0 Å². The zero-order chi connectivity index (χ0) is 46.0. The van der Waals surface area contributed by atoms with Crippen LogP contribution in [0.5, 0.6) is 5.75 Å². The van der Waals surface area contributed by atoms with Crippen molar-refractivity contribution in [1.82, 2.24) is 14.5 Å². The minimum Gasteiger partial charge on any atom is -0.507 e. The van der Waals surface area contributed by atoms with Gasteiger partial charge in [0.05, 0.1) is 22.3 Å². The van der Waals surface area contributed by atoms with Crippen LogP contribution in [0.2, 0.25) is 0 Å². The van der Waals surface area contributed by atoms with Crippen LogP contribution in [0.15, 0.2) is 152 Å². The minimum atomic E-state index is -3.36. The summed E-state index contributed by atoms with van der Waals surface area (Å²) in [6.45, 7) is -1.54. The summed E-state index contributed by atoms with van der Waals surface area (Å²) >= 11 is 0. The molecule has 0 bridgehead atoms. The van der Waals surface area contributed by atoms with E-state index >= 15 is 0 Å². The molecule has 0 radical (unpaired) electrons. The van der Waals surface area contributed by atoms with E-state index in [4.69, 9.17) is 22.3 Å². The fourth-order valence-electron chi connectivity index (χ4n) is 7.21. The molecular weight excluding hydrogens is 671 g/mol. The average molecular weight is 727 g/mol. The molecule has 2 heterocycles. The maximum atomic E-state index is 11.2. The Hall–Kier alpha value is -6.26. The number of aromatic nitrogens is 3. The number of nitrogens with zero attached hydrogens (tertiary/aromatic N) is 3. The maximum absolute atomic E-state index is 11.2. The van der Waals surface area contributed by atoms with Gasteiger partial charge in [-0.25, -0.2) is 4.98 Å². The molecule has 4 heteroatoms. The van der Waals surface area contributed by atoms with Gasteiger partial charge in [0.1, 0.15) is 11.6 Å². The van der Waals surface area contributed by atoms with Crippen LogP contribution >= 0.6 is 0 Å². The topological polar surface area (TPSA) is 50.9 Å². The summed E-state index contributed by atoms with van der Waals surface area (Å²) in [7, 11) is 0. The van der Waals surface area contributed by atoms with Gasteiger partial charge in [-0.2, -0.15) is 0 Å². The Labute approximate surface area is 337 Å². The Kier molecular flexibility index (Phi) is 6.68. The number of benzene rings is 6. The van der Waals surface area contributed by atoms with Crippen molar-refractivity contribution in [3.05, 3.63) is 168 Å². The van der Waals surface area contributed by atoms with Crippen molar-refractivity contribution in [3.8, 4) is 67.5 Å². The fraction of sp³-hybridized carbons (Fsp3) is 0.176. The second-order valence-corrected chi connectivity index (χ2v) is 15.1. The Balaban J connectivity index is 1.26. The molecule has 0 unspecified atom stereocenters. The molecule has 272 valence electrons. The number of pyridine rings is 1. The van der Waals surface area contributed by atoms with E-state index in [9.17, 15) is 5.11 Å². The Bertz CT molecular complexity index is 2980. The van der Waals surface area contributed by atoms with Gasteiger partial charge < -0.3 is 5.11 Å². The first-order chi connectivity index (χ1) is 30.1. The van der Waals surface area contributed by atoms with Gasteiger partial charge in [0.15, 0.2) is 0 Å². The number of phenols is 1. The van der Waals surface area contributed by atoms with Crippen LogP contribution in [0.1, 0.15) is 70.4 Å². The number of rotatable bonds is 6. The highest BCUT2D eigenvalue weighted by Gasteiger charge is 2.23. The highest BCUT2D eigenvalue weighted by atomic mass is 16.3.